The molecule has 2 aromatic carbocycles. The van der Waals surface area contributed by atoms with Gasteiger partial charge in [0.2, 0.25) is 0 Å². The molecule has 0 aliphatic heterocycles. The zero-order chi connectivity index (χ0) is 17.7. The van der Waals surface area contributed by atoms with Crippen molar-refractivity contribution in [3.05, 3.63) is 52.4 Å². The van der Waals surface area contributed by atoms with E-state index >= 15 is 0 Å². The number of rotatable bonds is 1. The molecule has 2 aromatic rings. The molecule has 0 aliphatic rings. The number of aryl methyl sites for hydroxylation is 1. The van der Waals surface area contributed by atoms with Crippen molar-refractivity contribution in [2.45, 2.75) is 55.4 Å². The van der Waals surface area contributed by atoms with E-state index < -0.39 is 0 Å². The van der Waals surface area contributed by atoms with Gasteiger partial charge in [-0.1, -0.05) is 91.1 Å². The molecule has 0 saturated carbocycles. The van der Waals surface area contributed by atoms with Crippen LogP contribution < -0.4 is 10.4 Å². The molecule has 0 fully saturated rings. The van der Waals surface area contributed by atoms with Crippen LogP contribution in [-0.2, 0) is 0 Å². The predicted molar refractivity (Wildman–Crippen MR) is 108 cm³/mol. The largest absolute Gasteiger partial charge is 0.0984 e. The summed E-state index contributed by atoms with van der Waals surface area (Å²) in [6, 6.07) is 8.46. The molecule has 2 rings (SSSR count). The first-order valence-electron chi connectivity index (χ1n) is 8.49. The van der Waals surface area contributed by atoms with Crippen molar-refractivity contribution >= 4 is 29.5 Å². The topological polar surface area (TPSA) is 0 Å². The molecule has 0 heterocycles. The normalized spacial score (nSPS) is 9.55. The van der Waals surface area contributed by atoms with Crippen molar-refractivity contribution in [3.63, 3.8) is 0 Å². The number of benzene rings is 2. The maximum absolute atomic E-state index is 4.11. The minimum Gasteiger partial charge on any atom is -0.0984 e. The average Bonchev–Trinajstić information content (AvgIpc) is 2.61. The van der Waals surface area contributed by atoms with E-state index in [1.54, 1.807) is 0 Å². The maximum atomic E-state index is 4.11. The summed E-state index contributed by atoms with van der Waals surface area (Å²) in [7, 11) is 0. The Morgan fingerprint density at radius 3 is 1.82 bits per heavy atom. The lowest BCUT2D eigenvalue weighted by Crippen LogP contribution is -2.12. The molecule has 0 radical (unpaired) electrons. The second kappa shape index (κ2) is 12.9. The Kier molecular flexibility index (Phi) is 13.2. The fraction of sp³-hybridized carbons (Fsp3) is 0.364. The lowest BCUT2D eigenvalue weighted by molar-refractivity contribution is 1.49. The molecule has 0 spiro atoms. The van der Waals surface area contributed by atoms with Gasteiger partial charge in [-0.15, -0.1) is 0 Å². The summed E-state index contributed by atoms with van der Waals surface area (Å²) in [4.78, 5) is 0. The van der Waals surface area contributed by atoms with Crippen LogP contribution in [0.3, 0.4) is 0 Å². The quantitative estimate of drug-likeness (QED) is 0.598. The van der Waals surface area contributed by atoms with Gasteiger partial charge in [0.15, 0.2) is 0 Å². The first kappa shape index (κ1) is 22.5. The Morgan fingerprint density at radius 1 is 0.818 bits per heavy atom. The molecule has 0 aromatic heterocycles. The molecule has 122 valence electrons. The molecular formula is C22H34. The van der Waals surface area contributed by atoms with E-state index in [1.807, 2.05) is 47.6 Å². The maximum Gasteiger partial charge on any atom is -0.00364 e. The lowest BCUT2D eigenvalue weighted by atomic mass is 9.97. The standard InChI is InChI=1S/C16H16.3C2H6/c1-5-13-9-7-12(4)16-14(6-2)10-8-11(3)15(13)16;3*1-2/h5-10H,1,3H2,2,4H3;3*1-2H3/b14-6-;;;. The minimum absolute atomic E-state index is 1.07. The first-order valence-corrected chi connectivity index (χ1v) is 8.49. The van der Waals surface area contributed by atoms with Gasteiger partial charge in [0.25, 0.3) is 0 Å². The van der Waals surface area contributed by atoms with Gasteiger partial charge in [-0.25, -0.2) is 0 Å². The van der Waals surface area contributed by atoms with Crippen LogP contribution in [0.25, 0.3) is 29.5 Å². The van der Waals surface area contributed by atoms with Crippen LogP contribution in [0.2, 0.25) is 0 Å². The molecule has 0 saturated heterocycles. The van der Waals surface area contributed by atoms with Gasteiger partial charge in [-0.3, -0.25) is 0 Å². The van der Waals surface area contributed by atoms with Crippen molar-refractivity contribution in [3.8, 4) is 0 Å². The highest BCUT2D eigenvalue weighted by Gasteiger charge is 2.03. The van der Waals surface area contributed by atoms with E-state index in [0.717, 1.165) is 10.8 Å². The highest BCUT2D eigenvalue weighted by atomic mass is 14.1. The zero-order valence-corrected chi connectivity index (χ0v) is 15.9. The van der Waals surface area contributed by atoms with Gasteiger partial charge in [0.05, 0.1) is 0 Å². The van der Waals surface area contributed by atoms with Crippen LogP contribution in [0, 0.1) is 6.92 Å². The molecule has 0 nitrogen and oxygen atoms in total. The highest BCUT2D eigenvalue weighted by Crippen LogP contribution is 2.17. The molecule has 0 bridgehead atoms. The summed E-state index contributed by atoms with van der Waals surface area (Å²) in [6.07, 6.45) is 4.04. The number of hydrogen-bond acceptors (Lipinski definition) is 0. The van der Waals surface area contributed by atoms with Crippen LogP contribution in [0.4, 0.5) is 0 Å². The molecule has 0 heteroatoms. The van der Waals surface area contributed by atoms with Crippen LogP contribution in [-0.4, -0.2) is 0 Å². The molecule has 0 atom stereocenters. The fourth-order valence-corrected chi connectivity index (χ4v) is 2.21. The molecule has 0 N–H and O–H groups in total. The second-order valence-corrected chi connectivity index (χ2v) is 4.03. The van der Waals surface area contributed by atoms with Gasteiger partial charge < -0.3 is 0 Å². The summed E-state index contributed by atoms with van der Waals surface area (Å²) < 4.78 is 0. The Morgan fingerprint density at radius 2 is 1.36 bits per heavy atom. The van der Waals surface area contributed by atoms with Crippen LogP contribution in [0.5, 0.6) is 0 Å². The zero-order valence-electron chi connectivity index (χ0n) is 15.9. The smallest absolute Gasteiger partial charge is 0.00364 e. The van der Waals surface area contributed by atoms with Crippen molar-refractivity contribution in [2.75, 3.05) is 0 Å². The molecule has 0 unspecified atom stereocenters. The van der Waals surface area contributed by atoms with Gasteiger partial charge in [0, 0.05) is 0 Å². The number of fused-ring (bicyclic) bond motifs is 1. The SMILES string of the molecule is C=Cc1ccc(C)c2/c(=C\C)ccc(=C)c12.CC.CC.CC. The summed E-state index contributed by atoms with van der Waals surface area (Å²) >= 11 is 0. The van der Waals surface area contributed by atoms with Gasteiger partial charge >= 0.3 is 0 Å². The molecule has 22 heavy (non-hydrogen) atoms. The van der Waals surface area contributed by atoms with E-state index in [1.165, 1.54) is 21.6 Å². The van der Waals surface area contributed by atoms with Crippen LogP contribution in [0.15, 0.2) is 30.8 Å². The second-order valence-electron chi connectivity index (χ2n) is 4.03. The monoisotopic (exact) mass is 298 g/mol. The summed E-state index contributed by atoms with van der Waals surface area (Å²) in [5.74, 6) is 0. The lowest BCUT2D eigenvalue weighted by Gasteiger charge is -2.07. The minimum atomic E-state index is 1.07. The van der Waals surface area contributed by atoms with Gasteiger partial charge in [-0.05, 0) is 46.2 Å². The van der Waals surface area contributed by atoms with Crippen LogP contribution >= 0.6 is 0 Å². The highest BCUT2D eigenvalue weighted by molar-refractivity contribution is 5.93. The third kappa shape index (κ3) is 5.18. The van der Waals surface area contributed by atoms with Crippen molar-refractivity contribution in [1.82, 2.24) is 0 Å². The molecule has 0 aliphatic carbocycles. The fourth-order valence-electron chi connectivity index (χ4n) is 2.21. The first-order chi connectivity index (χ1) is 10.7. The van der Waals surface area contributed by atoms with E-state index in [0.29, 0.717) is 0 Å². The van der Waals surface area contributed by atoms with Crippen molar-refractivity contribution in [1.29, 1.82) is 0 Å². The summed E-state index contributed by atoms with van der Waals surface area (Å²) in [5, 5.41) is 4.86. The van der Waals surface area contributed by atoms with Crippen molar-refractivity contribution in [2.24, 2.45) is 0 Å². The molecule has 0 amide bonds. The van der Waals surface area contributed by atoms with E-state index in [2.05, 4.69) is 57.3 Å². The van der Waals surface area contributed by atoms with Crippen LogP contribution in [0.1, 0.15) is 59.6 Å². The van der Waals surface area contributed by atoms with E-state index in [4.69, 9.17) is 0 Å². The average molecular weight is 299 g/mol. The van der Waals surface area contributed by atoms with Gasteiger partial charge in [0.1, 0.15) is 0 Å². The van der Waals surface area contributed by atoms with Gasteiger partial charge in [-0.2, -0.15) is 0 Å². The van der Waals surface area contributed by atoms with E-state index in [9.17, 15) is 0 Å². The molecular weight excluding hydrogens is 264 g/mol. The summed E-state index contributed by atoms with van der Waals surface area (Å²) in [6.45, 7) is 24.2. The van der Waals surface area contributed by atoms with Crippen molar-refractivity contribution < 1.29 is 0 Å². The summed E-state index contributed by atoms with van der Waals surface area (Å²) in [5.41, 5.74) is 2.45. The Balaban J connectivity index is 0. The third-order valence-corrected chi connectivity index (χ3v) is 3.05. The Hall–Kier alpha value is -1.82. The third-order valence-electron chi connectivity index (χ3n) is 3.05. The number of hydrogen-bond donors (Lipinski definition) is 0. The Labute approximate surface area is 137 Å². The predicted octanol–water partition coefficient (Wildman–Crippen LogP) is 6.08. The Bertz CT molecular complexity index is 660. The van der Waals surface area contributed by atoms with E-state index in [-0.39, 0.29) is 0 Å².